The maximum absolute atomic E-state index is 11.0. The van der Waals surface area contributed by atoms with Crippen molar-refractivity contribution in [3.8, 4) is 0 Å². The van der Waals surface area contributed by atoms with Gasteiger partial charge in [0, 0.05) is 0 Å². The Hall–Kier alpha value is 0.415. The molecule has 74 valence electrons. The van der Waals surface area contributed by atoms with Gasteiger partial charge in [0.05, 0.1) is 0 Å². The van der Waals surface area contributed by atoms with E-state index in [9.17, 15) is 8.42 Å². The Kier molecular flexibility index (Phi) is 4.89. The normalized spacial score (nSPS) is 11.0. The standard InChI is InChI=1S/C6H6O3S2.C2H5.Hg/c7-11(8,9)6-4-2-1-3-5(6)10;1-2;/h1-4,10H,(H,7,8,9);1H2,2H3;/q;;+1/p-1. The third-order valence-electron chi connectivity index (χ3n) is 1.59. The Morgan fingerprint density at radius 1 is 1.43 bits per heavy atom. The zero-order valence-corrected chi connectivity index (χ0v) is 14.9. The number of hydrogen-bond donors (Lipinski definition) is 1. The van der Waals surface area contributed by atoms with Crippen LogP contribution in [0, 0.1) is 0 Å². The van der Waals surface area contributed by atoms with Gasteiger partial charge in [-0.1, -0.05) is 0 Å². The number of benzene rings is 1. The van der Waals surface area contributed by atoms with Crippen molar-refractivity contribution in [3.05, 3.63) is 24.3 Å². The molecule has 0 aromatic heterocycles. The van der Waals surface area contributed by atoms with E-state index in [4.69, 9.17) is 4.55 Å². The summed E-state index contributed by atoms with van der Waals surface area (Å²) < 4.78 is 32.1. The Labute approximate surface area is 98.6 Å². The molecule has 6 heteroatoms. The van der Waals surface area contributed by atoms with Crippen molar-refractivity contribution in [2.75, 3.05) is 0 Å². The molecule has 0 aliphatic heterocycles. The Morgan fingerprint density at radius 2 is 2.07 bits per heavy atom. The van der Waals surface area contributed by atoms with Gasteiger partial charge in [-0.3, -0.25) is 0 Å². The van der Waals surface area contributed by atoms with Gasteiger partial charge in [-0.05, 0) is 0 Å². The van der Waals surface area contributed by atoms with Crippen molar-refractivity contribution in [3.63, 3.8) is 0 Å². The minimum atomic E-state index is -4.05. The van der Waals surface area contributed by atoms with Crippen LogP contribution in [-0.2, 0) is 33.2 Å². The first-order valence-corrected chi connectivity index (χ1v) is 17.3. The van der Waals surface area contributed by atoms with Gasteiger partial charge < -0.3 is 0 Å². The molecule has 1 rings (SSSR count). The minimum absolute atomic E-state index is 0.0541. The third kappa shape index (κ3) is 3.53. The second kappa shape index (κ2) is 5.49. The molecule has 3 nitrogen and oxygen atoms in total. The molecule has 0 saturated carbocycles. The van der Waals surface area contributed by atoms with Gasteiger partial charge in [-0.2, -0.15) is 0 Å². The summed E-state index contributed by atoms with van der Waals surface area (Å²) >= 11 is -1.01. The van der Waals surface area contributed by atoms with E-state index >= 15 is 0 Å². The molecule has 0 saturated heterocycles. The van der Waals surface area contributed by atoms with Gasteiger partial charge in [0.15, 0.2) is 0 Å². The van der Waals surface area contributed by atoms with Crippen LogP contribution in [0.3, 0.4) is 0 Å². The van der Waals surface area contributed by atoms with Gasteiger partial charge in [0.2, 0.25) is 0 Å². The molecule has 0 radical (unpaired) electrons. The molecular weight excluding hydrogens is 409 g/mol. The Balaban J connectivity index is 3.04. The molecule has 0 fully saturated rings. The first kappa shape index (κ1) is 12.5. The summed E-state index contributed by atoms with van der Waals surface area (Å²) in [5.74, 6) is 0. The summed E-state index contributed by atoms with van der Waals surface area (Å²) in [6.45, 7) is 2.12. The fourth-order valence-electron chi connectivity index (χ4n) is 0.995. The monoisotopic (exact) mass is 420 g/mol. The van der Waals surface area contributed by atoms with Gasteiger partial charge in [0.25, 0.3) is 0 Å². The van der Waals surface area contributed by atoms with E-state index in [-0.39, 0.29) is 4.90 Å². The Bertz CT molecular complexity index is 403. The van der Waals surface area contributed by atoms with Crippen LogP contribution in [0.1, 0.15) is 6.92 Å². The summed E-state index contributed by atoms with van der Waals surface area (Å²) in [6.07, 6.45) is 0. The summed E-state index contributed by atoms with van der Waals surface area (Å²) in [5.41, 5.74) is 0. The van der Waals surface area contributed by atoms with Gasteiger partial charge in [-0.25, -0.2) is 0 Å². The first-order valence-electron chi connectivity index (χ1n) is 4.25. The fraction of sp³-hybridized carbons (Fsp3) is 0.250. The predicted molar refractivity (Wildman–Crippen MR) is 52.6 cm³/mol. The van der Waals surface area contributed by atoms with Crippen LogP contribution in [0.5, 0.6) is 0 Å². The van der Waals surface area contributed by atoms with Crippen LogP contribution in [0.25, 0.3) is 0 Å². The number of rotatable bonds is 4. The zero-order valence-electron chi connectivity index (χ0n) is 7.80. The van der Waals surface area contributed by atoms with Gasteiger partial charge in [0.1, 0.15) is 0 Å². The van der Waals surface area contributed by atoms with E-state index in [1.807, 2.05) is 0 Å². The average molecular weight is 419 g/mol. The molecule has 0 unspecified atom stereocenters. The Morgan fingerprint density at radius 3 is 2.64 bits per heavy atom. The van der Waals surface area contributed by atoms with E-state index in [1.165, 1.54) is 10.00 Å². The van der Waals surface area contributed by atoms with Crippen molar-refractivity contribution in [1.29, 1.82) is 0 Å². The first-order chi connectivity index (χ1) is 6.55. The van der Waals surface area contributed by atoms with E-state index < -0.39 is 33.2 Å². The zero-order chi connectivity index (χ0) is 10.6. The molecule has 1 aromatic rings. The average Bonchev–Trinajstić information content (AvgIpc) is 2.14. The van der Waals surface area contributed by atoms with E-state index in [0.29, 0.717) is 4.90 Å². The van der Waals surface area contributed by atoms with Gasteiger partial charge in [-0.15, -0.1) is 0 Å². The van der Waals surface area contributed by atoms with Crippen LogP contribution in [0.15, 0.2) is 34.1 Å². The molecule has 0 aliphatic carbocycles. The van der Waals surface area contributed by atoms with Crippen LogP contribution < -0.4 is 0 Å². The maximum atomic E-state index is 11.0. The van der Waals surface area contributed by atoms with Crippen LogP contribution >= 0.6 is 8.24 Å². The topological polar surface area (TPSA) is 54.4 Å². The fourth-order valence-corrected chi connectivity index (χ4v) is 12.0. The molecule has 0 atom stereocenters. The second-order valence-corrected chi connectivity index (χ2v) is 17.3. The molecule has 0 amide bonds. The van der Waals surface area contributed by atoms with Crippen LogP contribution in [0.4, 0.5) is 0 Å². The third-order valence-corrected chi connectivity index (χ3v) is 14.7. The van der Waals surface area contributed by atoms with Crippen molar-refractivity contribution in [2.24, 2.45) is 0 Å². The summed E-state index contributed by atoms with van der Waals surface area (Å²) in [6, 6.07) is 6.61. The van der Waals surface area contributed by atoms with E-state index in [0.717, 1.165) is 0 Å². The van der Waals surface area contributed by atoms with Crippen LogP contribution in [0.2, 0.25) is 3.93 Å². The van der Waals surface area contributed by atoms with Crippen molar-refractivity contribution >= 4 is 18.4 Å². The molecule has 0 bridgehead atoms. The molecule has 1 aromatic carbocycles. The van der Waals surface area contributed by atoms with Crippen LogP contribution in [-0.4, -0.2) is 13.0 Å². The number of hydrogen-bond acceptors (Lipinski definition) is 3. The summed E-state index contributed by atoms with van der Waals surface area (Å²) in [4.78, 5) is 0.761. The van der Waals surface area contributed by atoms with Gasteiger partial charge >= 0.3 is 99.3 Å². The van der Waals surface area contributed by atoms with Crippen molar-refractivity contribution in [2.45, 2.75) is 20.6 Å². The summed E-state index contributed by atoms with van der Waals surface area (Å²) in [7, 11) is -2.39. The molecule has 14 heavy (non-hydrogen) atoms. The summed E-state index contributed by atoms with van der Waals surface area (Å²) in [5, 5.41) is 0. The molecule has 0 spiro atoms. The van der Waals surface area contributed by atoms with Crippen molar-refractivity contribution < 1.29 is 36.0 Å². The van der Waals surface area contributed by atoms with E-state index in [1.54, 1.807) is 26.4 Å². The molecule has 1 N–H and O–H groups in total. The molecular formula is C8H10HgO3S2. The van der Waals surface area contributed by atoms with E-state index in [2.05, 4.69) is 6.92 Å². The SMILES string of the molecule is C[CH2][Hg][S]c1ccccc1S(=O)(=O)O. The molecule has 0 aliphatic rings. The van der Waals surface area contributed by atoms with Crippen molar-refractivity contribution in [1.82, 2.24) is 0 Å². The predicted octanol–water partition coefficient (Wildman–Crippen LogP) is 2.46. The second-order valence-electron chi connectivity index (χ2n) is 2.77. The quantitative estimate of drug-likeness (QED) is 0.603. The molecule has 0 heterocycles.